The summed E-state index contributed by atoms with van der Waals surface area (Å²) in [5.41, 5.74) is 3.10. The average Bonchev–Trinajstić information content (AvgIpc) is 2.43. The lowest BCUT2D eigenvalue weighted by atomic mass is 10.1. The van der Waals surface area contributed by atoms with E-state index in [0.29, 0.717) is 13.2 Å². The highest BCUT2D eigenvalue weighted by molar-refractivity contribution is 5.95. The molecule has 1 saturated heterocycles. The molecule has 1 fully saturated rings. The molecule has 0 spiro atoms. The maximum atomic E-state index is 12.2. The number of benzene rings is 1. The van der Waals surface area contributed by atoms with Gasteiger partial charge in [0, 0.05) is 25.3 Å². The number of morpholine rings is 1. The highest BCUT2D eigenvalue weighted by atomic mass is 16.5. The van der Waals surface area contributed by atoms with Crippen LogP contribution in [0.4, 0.5) is 5.69 Å². The molecule has 5 nitrogen and oxygen atoms in total. The predicted octanol–water partition coefficient (Wildman–Crippen LogP) is 0.984. The topological polar surface area (TPSA) is 53.6 Å². The number of nitrogens with one attached hydrogen (secondary N) is 2. The Morgan fingerprint density at radius 2 is 2.30 bits per heavy atom. The Balaban J connectivity index is 2.05. The van der Waals surface area contributed by atoms with Gasteiger partial charge in [-0.1, -0.05) is 12.1 Å². The molecule has 1 aliphatic rings. The van der Waals surface area contributed by atoms with Crippen LogP contribution in [0.1, 0.15) is 11.1 Å². The second-order valence-corrected chi connectivity index (χ2v) is 5.44. The minimum atomic E-state index is -0.402. The van der Waals surface area contributed by atoms with Gasteiger partial charge < -0.3 is 20.3 Å². The Morgan fingerprint density at radius 1 is 1.50 bits per heavy atom. The largest absolute Gasteiger partial charge is 0.366 e. The van der Waals surface area contributed by atoms with Gasteiger partial charge in [-0.15, -0.1) is 0 Å². The molecule has 1 aliphatic heterocycles. The molecule has 0 aliphatic carbocycles. The maximum absolute atomic E-state index is 12.2. The van der Waals surface area contributed by atoms with Crippen molar-refractivity contribution in [1.82, 2.24) is 10.2 Å². The quantitative estimate of drug-likeness (QED) is 0.861. The van der Waals surface area contributed by atoms with E-state index in [0.717, 1.165) is 24.3 Å². The third kappa shape index (κ3) is 4.03. The van der Waals surface area contributed by atoms with Crippen molar-refractivity contribution >= 4 is 11.6 Å². The van der Waals surface area contributed by atoms with Crippen LogP contribution in [0, 0.1) is 6.92 Å². The molecule has 2 rings (SSSR count). The summed E-state index contributed by atoms with van der Waals surface area (Å²) >= 11 is 0. The number of rotatable bonds is 4. The summed E-state index contributed by atoms with van der Waals surface area (Å²) in [6, 6.07) is 6.15. The van der Waals surface area contributed by atoms with Crippen LogP contribution >= 0.6 is 0 Å². The van der Waals surface area contributed by atoms with Crippen molar-refractivity contribution in [2.75, 3.05) is 39.1 Å². The second kappa shape index (κ2) is 6.83. The minimum Gasteiger partial charge on any atom is -0.366 e. The molecule has 1 atom stereocenters. The van der Waals surface area contributed by atoms with E-state index >= 15 is 0 Å². The van der Waals surface area contributed by atoms with Crippen LogP contribution < -0.4 is 10.6 Å². The molecule has 0 bridgehead atoms. The lowest BCUT2D eigenvalue weighted by molar-refractivity contribution is -0.128. The Kier molecular flexibility index (Phi) is 5.11. The molecule has 5 heteroatoms. The van der Waals surface area contributed by atoms with E-state index in [-0.39, 0.29) is 5.91 Å². The van der Waals surface area contributed by atoms with E-state index in [1.54, 1.807) is 0 Å². The molecule has 1 heterocycles. The fourth-order valence-electron chi connectivity index (χ4n) is 2.21. The molecule has 1 unspecified atom stereocenters. The fourth-order valence-corrected chi connectivity index (χ4v) is 2.21. The van der Waals surface area contributed by atoms with Crippen molar-refractivity contribution in [1.29, 1.82) is 0 Å². The third-order valence-electron chi connectivity index (χ3n) is 3.28. The van der Waals surface area contributed by atoms with Gasteiger partial charge in [0.2, 0.25) is 0 Å². The maximum Gasteiger partial charge on any atom is 0.254 e. The van der Waals surface area contributed by atoms with E-state index < -0.39 is 6.10 Å². The first kappa shape index (κ1) is 15.0. The Bertz CT molecular complexity index is 468. The predicted molar refractivity (Wildman–Crippen MR) is 79.8 cm³/mol. The van der Waals surface area contributed by atoms with E-state index in [9.17, 15) is 4.79 Å². The van der Waals surface area contributed by atoms with Crippen molar-refractivity contribution in [3.8, 4) is 0 Å². The average molecular weight is 277 g/mol. The highest BCUT2D eigenvalue weighted by Gasteiger charge is 2.22. The van der Waals surface area contributed by atoms with Crippen molar-refractivity contribution in [2.24, 2.45) is 0 Å². The van der Waals surface area contributed by atoms with Crippen molar-refractivity contribution < 1.29 is 9.53 Å². The number of carbonyl (C=O) groups is 1. The molecule has 20 heavy (non-hydrogen) atoms. The first-order valence-corrected chi connectivity index (χ1v) is 6.93. The van der Waals surface area contributed by atoms with Crippen LogP contribution in [0.25, 0.3) is 0 Å². The summed E-state index contributed by atoms with van der Waals surface area (Å²) in [6.45, 7) is 4.81. The molecular weight excluding hydrogens is 254 g/mol. The normalized spacial score (nSPS) is 19.1. The lowest BCUT2D eigenvalue weighted by Gasteiger charge is -2.23. The monoisotopic (exact) mass is 277 g/mol. The van der Waals surface area contributed by atoms with Crippen molar-refractivity contribution in [3.05, 3.63) is 29.3 Å². The zero-order valence-corrected chi connectivity index (χ0v) is 12.4. The molecule has 0 radical (unpaired) electrons. The van der Waals surface area contributed by atoms with Gasteiger partial charge in [0.1, 0.15) is 6.10 Å². The number of hydrogen-bond donors (Lipinski definition) is 2. The van der Waals surface area contributed by atoms with Crippen LogP contribution in [-0.2, 0) is 16.1 Å². The van der Waals surface area contributed by atoms with Crippen LogP contribution in [0.3, 0.4) is 0 Å². The summed E-state index contributed by atoms with van der Waals surface area (Å²) in [5.74, 6) is -0.0812. The van der Waals surface area contributed by atoms with Gasteiger partial charge in [-0.25, -0.2) is 0 Å². The molecule has 1 aromatic carbocycles. The van der Waals surface area contributed by atoms with Gasteiger partial charge in [-0.2, -0.15) is 0 Å². The van der Waals surface area contributed by atoms with E-state index in [4.69, 9.17) is 4.74 Å². The fraction of sp³-hybridized carbons (Fsp3) is 0.533. The van der Waals surface area contributed by atoms with Gasteiger partial charge in [0.05, 0.1) is 6.61 Å². The first-order valence-electron chi connectivity index (χ1n) is 6.93. The minimum absolute atomic E-state index is 0.0812. The zero-order valence-electron chi connectivity index (χ0n) is 12.4. The number of hydrogen-bond acceptors (Lipinski definition) is 4. The SMILES string of the molecule is Cc1ccc(CN(C)C)cc1NC(=O)C1CNCCO1. The lowest BCUT2D eigenvalue weighted by Crippen LogP contribution is -2.45. The molecule has 110 valence electrons. The van der Waals surface area contributed by atoms with E-state index in [1.165, 1.54) is 5.56 Å². The number of nitrogens with zero attached hydrogens (tertiary/aromatic N) is 1. The second-order valence-electron chi connectivity index (χ2n) is 5.44. The van der Waals surface area contributed by atoms with Gasteiger partial charge in [0.15, 0.2) is 0 Å². The highest BCUT2D eigenvalue weighted by Crippen LogP contribution is 2.18. The van der Waals surface area contributed by atoms with E-state index in [2.05, 4.69) is 21.6 Å². The molecule has 2 N–H and O–H groups in total. The number of anilines is 1. The van der Waals surface area contributed by atoms with Crippen LogP contribution in [0.5, 0.6) is 0 Å². The summed E-state index contributed by atoms with van der Waals surface area (Å²) < 4.78 is 5.46. The van der Waals surface area contributed by atoms with Crippen molar-refractivity contribution in [2.45, 2.75) is 19.6 Å². The van der Waals surface area contributed by atoms with Crippen LogP contribution in [-0.4, -0.2) is 50.7 Å². The number of ether oxygens (including phenoxy) is 1. The smallest absolute Gasteiger partial charge is 0.254 e. The standard InChI is InChI=1S/C15H23N3O2/c1-11-4-5-12(10-18(2)3)8-13(11)17-15(19)14-9-16-6-7-20-14/h4-5,8,14,16H,6-7,9-10H2,1-3H3,(H,17,19). The van der Waals surface area contributed by atoms with Gasteiger partial charge in [-0.3, -0.25) is 4.79 Å². The van der Waals surface area contributed by atoms with Crippen LogP contribution in [0.2, 0.25) is 0 Å². The van der Waals surface area contributed by atoms with Crippen molar-refractivity contribution in [3.63, 3.8) is 0 Å². The molecule has 1 aromatic rings. The molecular formula is C15H23N3O2. The summed E-state index contributed by atoms with van der Waals surface area (Å²) in [4.78, 5) is 14.3. The number of amides is 1. The molecule has 1 amide bonds. The van der Waals surface area contributed by atoms with E-state index in [1.807, 2.05) is 33.2 Å². The van der Waals surface area contributed by atoms with Crippen LogP contribution in [0.15, 0.2) is 18.2 Å². The Labute approximate surface area is 120 Å². The number of carbonyl (C=O) groups excluding carboxylic acids is 1. The van der Waals surface area contributed by atoms with Gasteiger partial charge in [0.25, 0.3) is 5.91 Å². The first-order chi connectivity index (χ1) is 9.56. The zero-order chi connectivity index (χ0) is 14.5. The third-order valence-corrected chi connectivity index (χ3v) is 3.28. The Morgan fingerprint density at radius 3 is 2.95 bits per heavy atom. The van der Waals surface area contributed by atoms with Gasteiger partial charge in [-0.05, 0) is 38.2 Å². The molecule has 0 saturated carbocycles. The summed E-state index contributed by atoms with van der Waals surface area (Å²) in [6.07, 6.45) is -0.402. The Hall–Kier alpha value is -1.43. The summed E-state index contributed by atoms with van der Waals surface area (Å²) in [5, 5.41) is 6.13. The number of aryl methyl sites for hydroxylation is 1. The van der Waals surface area contributed by atoms with Gasteiger partial charge >= 0.3 is 0 Å². The molecule has 0 aromatic heterocycles. The summed E-state index contributed by atoms with van der Waals surface area (Å²) in [7, 11) is 4.05.